The number of sulfonamides is 1. The maximum atomic E-state index is 13.7. The van der Waals surface area contributed by atoms with Gasteiger partial charge in [-0.15, -0.1) is 0 Å². The highest BCUT2D eigenvalue weighted by atomic mass is 35.5. The van der Waals surface area contributed by atoms with Crippen LogP contribution in [0.15, 0.2) is 77.7 Å². The molecule has 3 aromatic rings. The van der Waals surface area contributed by atoms with Crippen molar-refractivity contribution in [3.05, 3.63) is 94.8 Å². The summed E-state index contributed by atoms with van der Waals surface area (Å²) in [5.74, 6) is -0.845. The van der Waals surface area contributed by atoms with Gasteiger partial charge in [-0.1, -0.05) is 35.9 Å². The van der Waals surface area contributed by atoms with Crippen LogP contribution in [0.3, 0.4) is 0 Å². The summed E-state index contributed by atoms with van der Waals surface area (Å²) in [6.45, 7) is 0.0225. The fourth-order valence-electron chi connectivity index (χ4n) is 2.67. The molecule has 0 unspecified atom stereocenters. The summed E-state index contributed by atoms with van der Waals surface area (Å²) in [4.78, 5) is 12.5. The number of benzene rings is 3. The van der Waals surface area contributed by atoms with E-state index in [1.807, 2.05) is 0 Å². The Morgan fingerprint density at radius 3 is 2.41 bits per heavy atom. The molecule has 0 bridgehead atoms. The van der Waals surface area contributed by atoms with E-state index in [-0.39, 0.29) is 17.0 Å². The van der Waals surface area contributed by atoms with Crippen molar-refractivity contribution < 1.29 is 17.6 Å². The minimum absolute atomic E-state index is 0.0225. The van der Waals surface area contributed by atoms with Crippen molar-refractivity contribution in [1.29, 1.82) is 0 Å². The van der Waals surface area contributed by atoms with Gasteiger partial charge in [0.05, 0.1) is 10.6 Å². The van der Waals surface area contributed by atoms with E-state index in [1.165, 1.54) is 43.4 Å². The second-order valence-electron chi connectivity index (χ2n) is 6.25. The van der Waals surface area contributed by atoms with Crippen molar-refractivity contribution in [2.75, 3.05) is 11.4 Å². The fourth-order valence-corrected chi connectivity index (χ4v) is 3.98. The quantitative estimate of drug-likeness (QED) is 0.633. The van der Waals surface area contributed by atoms with Crippen LogP contribution in [0.5, 0.6) is 0 Å². The lowest BCUT2D eigenvalue weighted by molar-refractivity contribution is 0.0950. The average Bonchev–Trinajstić information content (AvgIpc) is 2.72. The Hall–Kier alpha value is -2.90. The highest BCUT2D eigenvalue weighted by Gasteiger charge is 2.22. The number of halogens is 2. The summed E-state index contributed by atoms with van der Waals surface area (Å²) >= 11 is 5.82. The molecule has 3 rings (SSSR count). The lowest BCUT2D eigenvalue weighted by Crippen LogP contribution is -2.27. The summed E-state index contributed by atoms with van der Waals surface area (Å²) in [5.41, 5.74) is 0.940. The van der Waals surface area contributed by atoms with Crippen LogP contribution in [-0.4, -0.2) is 21.4 Å². The van der Waals surface area contributed by atoms with Crippen LogP contribution in [0.4, 0.5) is 10.1 Å². The molecule has 1 amide bonds. The van der Waals surface area contributed by atoms with Crippen molar-refractivity contribution in [1.82, 2.24) is 5.32 Å². The van der Waals surface area contributed by atoms with Crippen LogP contribution in [0, 0.1) is 5.82 Å². The number of rotatable bonds is 6. The number of nitrogens with one attached hydrogen (secondary N) is 1. The molecular weight excluding hydrogens is 415 g/mol. The predicted molar refractivity (Wildman–Crippen MR) is 111 cm³/mol. The first-order valence-electron chi connectivity index (χ1n) is 8.65. The molecule has 0 aliphatic rings. The highest BCUT2D eigenvalue weighted by molar-refractivity contribution is 7.92. The zero-order valence-corrected chi connectivity index (χ0v) is 17.0. The SMILES string of the molecule is CN(c1cccc(C(=O)NCc2ccccc2F)c1)S(=O)(=O)c1ccc(Cl)cc1. The lowest BCUT2D eigenvalue weighted by Gasteiger charge is -2.20. The molecule has 29 heavy (non-hydrogen) atoms. The Bertz CT molecular complexity index is 1130. The van der Waals surface area contributed by atoms with Gasteiger partial charge in [0.15, 0.2) is 0 Å². The smallest absolute Gasteiger partial charge is 0.264 e. The van der Waals surface area contributed by atoms with E-state index in [4.69, 9.17) is 11.6 Å². The number of carbonyl (C=O) groups is 1. The molecule has 0 aromatic heterocycles. The molecule has 0 saturated carbocycles. The van der Waals surface area contributed by atoms with Crippen molar-refractivity contribution in [3.63, 3.8) is 0 Å². The topological polar surface area (TPSA) is 66.5 Å². The number of hydrogen-bond donors (Lipinski definition) is 1. The third kappa shape index (κ3) is 4.75. The first-order chi connectivity index (χ1) is 13.8. The maximum absolute atomic E-state index is 13.7. The van der Waals surface area contributed by atoms with Crippen LogP contribution in [0.2, 0.25) is 5.02 Å². The van der Waals surface area contributed by atoms with E-state index in [0.29, 0.717) is 16.3 Å². The van der Waals surface area contributed by atoms with Crippen molar-refractivity contribution >= 4 is 33.2 Å². The molecule has 8 heteroatoms. The zero-order valence-electron chi connectivity index (χ0n) is 15.5. The molecule has 0 heterocycles. The normalized spacial score (nSPS) is 11.1. The second kappa shape index (κ2) is 8.63. The molecule has 0 spiro atoms. The van der Waals surface area contributed by atoms with Gasteiger partial charge in [-0.05, 0) is 48.5 Å². The fraction of sp³-hybridized carbons (Fsp3) is 0.0952. The van der Waals surface area contributed by atoms with E-state index in [2.05, 4.69) is 5.32 Å². The number of anilines is 1. The lowest BCUT2D eigenvalue weighted by atomic mass is 10.1. The Labute approximate surface area is 173 Å². The van der Waals surface area contributed by atoms with Gasteiger partial charge in [-0.3, -0.25) is 9.10 Å². The number of nitrogens with zero attached hydrogens (tertiary/aromatic N) is 1. The molecule has 0 aliphatic carbocycles. The monoisotopic (exact) mass is 432 g/mol. The Morgan fingerprint density at radius 2 is 1.72 bits per heavy atom. The summed E-state index contributed by atoms with van der Waals surface area (Å²) in [6.07, 6.45) is 0. The summed E-state index contributed by atoms with van der Waals surface area (Å²) < 4.78 is 40.4. The minimum Gasteiger partial charge on any atom is -0.348 e. The van der Waals surface area contributed by atoms with Gasteiger partial charge in [-0.2, -0.15) is 0 Å². The summed E-state index contributed by atoms with van der Waals surface area (Å²) in [5, 5.41) is 3.07. The first-order valence-corrected chi connectivity index (χ1v) is 10.5. The van der Waals surface area contributed by atoms with Gasteiger partial charge in [0.1, 0.15) is 5.82 Å². The summed E-state index contributed by atoms with van der Waals surface area (Å²) in [7, 11) is -2.42. The highest BCUT2D eigenvalue weighted by Crippen LogP contribution is 2.24. The van der Waals surface area contributed by atoms with Crippen molar-refractivity contribution in [3.8, 4) is 0 Å². The second-order valence-corrected chi connectivity index (χ2v) is 8.66. The van der Waals surface area contributed by atoms with E-state index >= 15 is 0 Å². The van der Waals surface area contributed by atoms with E-state index in [9.17, 15) is 17.6 Å². The van der Waals surface area contributed by atoms with E-state index < -0.39 is 21.7 Å². The first kappa shape index (κ1) is 20.8. The number of amides is 1. The van der Waals surface area contributed by atoms with Crippen molar-refractivity contribution in [2.45, 2.75) is 11.4 Å². The molecular formula is C21H18ClFN2O3S. The molecule has 150 valence electrons. The van der Waals surface area contributed by atoms with Gasteiger partial charge in [0, 0.05) is 29.7 Å². The van der Waals surface area contributed by atoms with E-state index in [1.54, 1.807) is 36.4 Å². The molecule has 3 aromatic carbocycles. The molecule has 0 saturated heterocycles. The van der Waals surface area contributed by atoms with Crippen molar-refractivity contribution in [2.24, 2.45) is 0 Å². The van der Waals surface area contributed by atoms with Crippen LogP contribution in [0.1, 0.15) is 15.9 Å². The predicted octanol–water partition coefficient (Wildman–Crippen LogP) is 4.23. The third-order valence-corrected chi connectivity index (χ3v) is 6.39. The number of carbonyl (C=O) groups excluding carboxylic acids is 1. The zero-order chi connectivity index (χ0) is 21.0. The third-order valence-electron chi connectivity index (χ3n) is 4.34. The van der Waals surface area contributed by atoms with Crippen LogP contribution >= 0.6 is 11.6 Å². The molecule has 0 atom stereocenters. The van der Waals surface area contributed by atoms with E-state index in [0.717, 1.165) is 4.31 Å². The number of hydrogen-bond acceptors (Lipinski definition) is 3. The molecule has 0 radical (unpaired) electrons. The average molecular weight is 433 g/mol. The Kier molecular flexibility index (Phi) is 6.20. The standard InChI is InChI=1S/C21H18ClFN2O3S/c1-25(29(27,28)19-11-9-17(22)10-12-19)18-7-4-6-15(13-18)21(26)24-14-16-5-2-3-8-20(16)23/h2-13H,14H2,1H3,(H,24,26). The minimum atomic E-state index is -3.82. The largest absolute Gasteiger partial charge is 0.348 e. The van der Waals surface area contributed by atoms with Gasteiger partial charge < -0.3 is 5.32 Å². The maximum Gasteiger partial charge on any atom is 0.264 e. The van der Waals surface area contributed by atoms with Gasteiger partial charge in [0.25, 0.3) is 15.9 Å². The van der Waals surface area contributed by atoms with Gasteiger partial charge >= 0.3 is 0 Å². The van der Waals surface area contributed by atoms with Gasteiger partial charge in [-0.25, -0.2) is 12.8 Å². The Balaban J connectivity index is 1.78. The van der Waals surface area contributed by atoms with Crippen LogP contribution in [-0.2, 0) is 16.6 Å². The summed E-state index contributed by atoms with van der Waals surface area (Å²) in [6, 6.07) is 18.2. The van der Waals surface area contributed by atoms with Crippen LogP contribution < -0.4 is 9.62 Å². The molecule has 0 aliphatic heterocycles. The van der Waals surface area contributed by atoms with Crippen LogP contribution in [0.25, 0.3) is 0 Å². The molecule has 5 nitrogen and oxygen atoms in total. The molecule has 1 N–H and O–H groups in total. The van der Waals surface area contributed by atoms with Gasteiger partial charge in [0.2, 0.25) is 0 Å². The molecule has 0 fully saturated rings. The Morgan fingerprint density at radius 1 is 1.03 bits per heavy atom.